The van der Waals surface area contributed by atoms with Crippen LogP contribution >= 0.6 is 0 Å². The van der Waals surface area contributed by atoms with E-state index in [1.807, 2.05) is 41.1 Å². The molecule has 24 heavy (non-hydrogen) atoms. The molecule has 1 aliphatic rings. The number of nitrogens with zero attached hydrogens (tertiary/aromatic N) is 2. The van der Waals surface area contributed by atoms with Crippen molar-refractivity contribution in [3.63, 3.8) is 0 Å². The van der Waals surface area contributed by atoms with Crippen LogP contribution in [0.15, 0.2) is 54.2 Å². The quantitative estimate of drug-likeness (QED) is 0.912. The first-order chi connectivity index (χ1) is 11.6. The third kappa shape index (κ3) is 3.94. The van der Waals surface area contributed by atoms with E-state index in [2.05, 4.69) is 30.3 Å². The summed E-state index contributed by atoms with van der Waals surface area (Å²) < 4.78 is 1.93. The van der Waals surface area contributed by atoms with Gasteiger partial charge in [0.05, 0.1) is 5.69 Å². The predicted octanol–water partition coefficient (Wildman–Crippen LogP) is 3.67. The Labute approximate surface area is 143 Å². The summed E-state index contributed by atoms with van der Waals surface area (Å²) in [5.41, 5.74) is 3.40. The first kappa shape index (κ1) is 16.5. The maximum atomic E-state index is 12.3. The standard InChI is InChI=1S/C20H25N3O/c1-20(2)12-8-16(9-13-20)19(24)21-14-10-18-11-15-22-23(18)17-6-4-3-5-7-17/h3-8,11,15H,9-10,12-14H2,1-2H3,(H,21,24). The zero-order valence-corrected chi connectivity index (χ0v) is 14.5. The molecule has 0 fully saturated rings. The highest BCUT2D eigenvalue weighted by atomic mass is 16.1. The van der Waals surface area contributed by atoms with Crippen LogP contribution in [0.3, 0.4) is 0 Å². The summed E-state index contributed by atoms with van der Waals surface area (Å²) in [5.74, 6) is 0.0799. The van der Waals surface area contributed by atoms with E-state index >= 15 is 0 Å². The van der Waals surface area contributed by atoms with Crippen LogP contribution in [0.4, 0.5) is 0 Å². The van der Waals surface area contributed by atoms with Gasteiger partial charge >= 0.3 is 0 Å². The summed E-state index contributed by atoms with van der Waals surface area (Å²) in [6.45, 7) is 5.13. The number of amides is 1. The smallest absolute Gasteiger partial charge is 0.246 e. The number of hydrogen-bond donors (Lipinski definition) is 1. The van der Waals surface area contributed by atoms with E-state index < -0.39 is 0 Å². The second kappa shape index (κ2) is 7.04. The molecule has 0 radical (unpaired) electrons. The molecule has 3 rings (SSSR count). The van der Waals surface area contributed by atoms with E-state index in [1.165, 1.54) is 0 Å². The predicted molar refractivity (Wildman–Crippen MR) is 96.0 cm³/mol. The number of hydrogen-bond acceptors (Lipinski definition) is 2. The maximum absolute atomic E-state index is 12.3. The van der Waals surface area contributed by atoms with E-state index in [1.54, 1.807) is 6.20 Å². The van der Waals surface area contributed by atoms with Gasteiger partial charge in [-0.3, -0.25) is 4.79 Å². The molecule has 4 nitrogen and oxygen atoms in total. The number of para-hydroxylation sites is 1. The molecule has 2 aromatic rings. The molecule has 0 spiro atoms. The fourth-order valence-electron chi connectivity index (χ4n) is 3.02. The lowest BCUT2D eigenvalue weighted by atomic mass is 9.78. The molecule has 0 atom stereocenters. The summed E-state index contributed by atoms with van der Waals surface area (Å²) in [6, 6.07) is 12.1. The van der Waals surface area contributed by atoms with Gasteiger partial charge in [0.1, 0.15) is 0 Å². The van der Waals surface area contributed by atoms with Crippen LogP contribution < -0.4 is 5.32 Å². The largest absolute Gasteiger partial charge is 0.352 e. The maximum Gasteiger partial charge on any atom is 0.246 e. The summed E-state index contributed by atoms with van der Waals surface area (Å²) in [4.78, 5) is 12.3. The Morgan fingerprint density at radius 3 is 2.75 bits per heavy atom. The van der Waals surface area contributed by atoms with Gasteiger partial charge in [0.25, 0.3) is 0 Å². The molecule has 1 aliphatic carbocycles. The Bertz CT molecular complexity index is 728. The van der Waals surface area contributed by atoms with Crippen LogP contribution in [0.25, 0.3) is 5.69 Å². The highest BCUT2D eigenvalue weighted by Gasteiger charge is 2.23. The zero-order valence-electron chi connectivity index (χ0n) is 14.5. The molecule has 1 amide bonds. The summed E-state index contributed by atoms with van der Waals surface area (Å²) in [5, 5.41) is 7.43. The number of nitrogens with one attached hydrogen (secondary N) is 1. The Kier molecular flexibility index (Phi) is 4.84. The van der Waals surface area contributed by atoms with Crippen molar-refractivity contribution >= 4 is 5.91 Å². The normalized spacial score (nSPS) is 16.5. The van der Waals surface area contributed by atoms with Gasteiger partial charge in [0, 0.05) is 30.4 Å². The van der Waals surface area contributed by atoms with Crippen LogP contribution in [0, 0.1) is 5.41 Å². The van der Waals surface area contributed by atoms with Gasteiger partial charge in [0.2, 0.25) is 5.91 Å². The van der Waals surface area contributed by atoms with Crippen LogP contribution in [0.1, 0.15) is 38.8 Å². The first-order valence-electron chi connectivity index (χ1n) is 8.61. The Morgan fingerprint density at radius 2 is 2.04 bits per heavy atom. The summed E-state index contributed by atoms with van der Waals surface area (Å²) in [6.07, 6.45) is 7.60. The van der Waals surface area contributed by atoms with E-state index in [9.17, 15) is 4.79 Å². The number of carbonyl (C=O) groups is 1. The summed E-state index contributed by atoms with van der Waals surface area (Å²) >= 11 is 0. The summed E-state index contributed by atoms with van der Waals surface area (Å²) in [7, 11) is 0. The fourth-order valence-corrected chi connectivity index (χ4v) is 3.02. The van der Waals surface area contributed by atoms with E-state index in [4.69, 9.17) is 0 Å². The number of carbonyl (C=O) groups excluding carboxylic acids is 1. The minimum absolute atomic E-state index is 0.0799. The van der Waals surface area contributed by atoms with Gasteiger partial charge in [-0.15, -0.1) is 0 Å². The fraction of sp³-hybridized carbons (Fsp3) is 0.400. The van der Waals surface area contributed by atoms with Crippen molar-refractivity contribution in [2.75, 3.05) is 6.54 Å². The van der Waals surface area contributed by atoms with E-state index in [0.717, 1.165) is 42.6 Å². The molecule has 126 valence electrons. The van der Waals surface area contributed by atoms with Crippen molar-refractivity contribution in [1.82, 2.24) is 15.1 Å². The van der Waals surface area contributed by atoms with E-state index in [0.29, 0.717) is 12.0 Å². The second-order valence-corrected chi connectivity index (χ2v) is 7.17. The van der Waals surface area contributed by atoms with Crippen molar-refractivity contribution in [2.24, 2.45) is 5.41 Å². The lowest BCUT2D eigenvalue weighted by Gasteiger charge is -2.28. The monoisotopic (exact) mass is 323 g/mol. The van der Waals surface area contributed by atoms with Gasteiger partial charge < -0.3 is 5.32 Å². The molecule has 0 bridgehead atoms. The van der Waals surface area contributed by atoms with Crippen molar-refractivity contribution in [3.8, 4) is 5.69 Å². The molecular formula is C20H25N3O. The molecule has 0 saturated carbocycles. The van der Waals surface area contributed by atoms with Gasteiger partial charge in [0.15, 0.2) is 0 Å². The number of benzene rings is 1. The molecule has 1 aromatic carbocycles. The molecular weight excluding hydrogens is 298 g/mol. The lowest BCUT2D eigenvalue weighted by molar-refractivity contribution is -0.117. The van der Waals surface area contributed by atoms with Crippen molar-refractivity contribution < 1.29 is 4.79 Å². The third-order valence-electron chi connectivity index (χ3n) is 4.65. The lowest BCUT2D eigenvalue weighted by Crippen LogP contribution is -2.29. The molecule has 0 saturated heterocycles. The minimum Gasteiger partial charge on any atom is -0.352 e. The highest BCUT2D eigenvalue weighted by molar-refractivity contribution is 5.93. The van der Waals surface area contributed by atoms with Crippen molar-refractivity contribution in [1.29, 1.82) is 0 Å². The highest BCUT2D eigenvalue weighted by Crippen LogP contribution is 2.34. The van der Waals surface area contributed by atoms with Gasteiger partial charge in [-0.05, 0) is 42.9 Å². The molecule has 4 heteroatoms. The molecule has 0 unspecified atom stereocenters. The average molecular weight is 323 g/mol. The Morgan fingerprint density at radius 1 is 1.25 bits per heavy atom. The number of aromatic nitrogens is 2. The van der Waals surface area contributed by atoms with E-state index in [-0.39, 0.29) is 5.91 Å². The topological polar surface area (TPSA) is 46.9 Å². The number of rotatable bonds is 5. The molecule has 1 aromatic heterocycles. The molecule has 1 N–H and O–H groups in total. The van der Waals surface area contributed by atoms with Crippen LogP contribution in [0.2, 0.25) is 0 Å². The van der Waals surface area contributed by atoms with Crippen LogP contribution in [-0.2, 0) is 11.2 Å². The number of allylic oxidation sites excluding steroid dienone is 1. The Balaban J connectivity index is 1.55. The first-order valence-corrected chi connectivity index (χ1v) is 8.61. The molecule has 1 heterocycles. The zero-order chi connectivity index (χ0) is 17.0. The van der Waals surface area contributed by atoms with Gasteiger partial charge in [-0.25, -0.2) is 4.68 Å². The van der Waals surface area contributed by atoms with Crippen LogP contribution in [0.5, 0.6) is 0 Å². The average Bonchev–Trinajstić information content (AvgIpc) is 3.04. The van der Waals surface area contributed by atoms with Crippen molar-refractivity contribution in [2.45, 2.75) is 39.5 Å². The van der Waals surface area contributed by atoms with Crippen LogP contribution in [-0.4, -0.2) is 22.2 Å². The van der Waals surface area contributed by atoms with Gasteiger partial charge in [-0.2, -0.15) is 5.10 Å². The SMILES string of the molecule is CC1(C)CC=C(C(=O)NCCc2ccnn2-c2ccccc2)CC1. The Hall–Kier alpha value is -2.36. The van der Waals surface area contributed by atoms with Gasteiger partial charge in [-0.1, -0.05) is 38.1 Å². The minimum atomic E-state index is 0.0799. The third-order valence-corrected chi connectivity index (χ3v) is 4.65. The molecule has 0 aliphatic heterocycles. The second-order valence-electron chi connectivity index (χ2n) is 7.17. The van der Waals surface area contributed by atoms with Crippen molar-refractivity contribution in [3.05, 3.63) is 59.9 Å².